The molecule has 0 amide bonds. The van der Waals surface area contributed by atoms with Crippen LogP contribution in [0.5, 0.6) is 5.75 Å². The maximum atomic E-state index is 5.85. The number of nitrogens with one attached hydrogen (secondary N) is 1. The summed E-state index contributed by atoms with van der Waals surface area (Å²) in [5.41, 5.74) is 0.975. The number of ether oxygens (including phenoxy) is 1. The van der Waals surface area contributed by atoms with Crippen LogP contribution in [0, 0.1) is 0 Å². The highest BCUT2D eigenvalue weighted by molar-refractivity contribution is 7.80. The van der Waals surface area contributed by atoms with E-state index in [4.69, 9.17) is 17.0 Å². The highest BCUT2D eigenvalue weighted by Gasteiger charge is 2.28. The van der Waals surface area contributed by atoms with E-state index in [1.165, 1.54) is 37.0 Å². The summed E-state index contributed by atoms with van der Waals surface area (Å²) in [6.45, 7) is 2.26. The van der Waals surface area contributed by atoms with Crippen LogP contribution in [-0.4, -0.2) is 23.2 Å². The van der Waals surface area contributed by atoms with E-state index in [2.05, 4.69) is 34.7 Å². The van der Waals surface area contributed by atoms with Crippen molar-refractivity contribution in [2.24, 2.45) is 0 Å². The average Bonchev–Trinajstić information content (AvgIpc) is 3.17. The Hall–Kier alpha value is -1.59. The Labute approximate surface area is 160 Å². The predicted octanol–water partition coefficient (Wildman–Crippen LogP) is 5.85. The second-order valence-electron chi connectivity index (χ2n) is 6.55. The minimum atomic E-state index is 0.286. The van der Waals surface area contributed by atoms with Crippen LogP contribution in [0.3, 0.4) is 0 Å². The summed E-state index contributed by atoms with van der Waals surface area (Å²) in [6, 6.07) is 13.1. The number of methoxy groups -OCH3 is 1. The number of thiophene rings is 1. The van der Waals surface area contributed by atoms with Crippen molar-refractivity contribution in [1.29, 1.82) is 0 Å². The quantitative estimate of drug-likeness (QED) is 0.664. The van der Waals surface area contributed by atoms with E-state index in [-0.39, 0.29) is 6.04 Å². The van der Waals surface area contributed by atoms with Gasteiger partial charge in [-0.1, -0.05) is 31.4 Å². The first-order chi connectivity index (χ1) is 12.2. The number of hydrogen-bond acceptors (Lipinski definition) is 3. The van der Waals surface area contributed by atoms with Crippen molar-refractivity contribution in [1.82, 2.24) is 4.90 Å². The molecule has 0 radical (unpaired) electrons. The molecule has 1 aliphatic carbocycles. The van der Waals surface area contributed by atoms with Crippen molar-refractivity contribution < 1.29 is 4.74 Å². The fourth-order valence-corrected chi connectivity index (χ4v) is 4.78. The Morgan fingerprint density at radius 3 is 2.72 bits per heavy atom. The van der Waals surface area contributed by atoms with E-state index in [0.717, 1.165) is 16.5 Å². The van der Waals surface area contributed by atoms with Gasteiger partial charge in [0.2, 0.25) is 0 Å². The van der Waals surface area contributed by atoms with Gasteiger partial charge in [-0.3, -0.25) is 0 Å². The second kappa shape index (κ2) is 8.68. The molecule has 1 aromatic heterocycles. The normalized spacial score (nSPS) is 16.2. The molecule has 0 spiro atoms. The molecule has 1 atom stereocenters. The Kier molecular flexibility index (Phi) is 6.32. The van der Waals surface area contributed by atoms with Crippen LogP contribution in [0.1, 0.15) is 49.9 Å². The first-order valence-electron chi connectivity index (χ1n) is 8.96. The fourth-order valence-electron chi connectivity index (χ4n) is 3.57. The Balaban J connectivity index is 1.80. The second-order valence-corrected chi connectivity index (χ2v) is 7.92. The number of thiocarbonyl (C=S) groups is 1. The van der Waals surface area contributed by atoms with Crippen LogP contribution in [0.25, 0.3) is 0 Å². The van der Waals surface area contributed by atoms with Crippen LogP contribution in [-0.2, 0) is 0 Å². The van der Waals surface area contributed by atoms with Crippen molar-refractivity contribution in [3.63, 3.8) is 0 Å². The van der Waals surface area contributed by atoms with Crippen LogP contribution >= 0.6 is 23.6 Å². The van der Waals surface area contributed by atoms with E-state index in [1.807, 2.05) is 24.3 Å². The summed E-state index contributed by atoms with van der Waals surface area (Å²) in [7, 11) is 1.69. The van der Waals surface area contributed by atoms with E-state index in [0.29, 0.717) is 6.04 Å². The number of nitrogens with zero attached hydrogens (tertiary/aromatic N) is 1. The molecule has 2 aromatic rings. The summed E-state index contributed by atoms with van der Waals surface area (Å²) in [4.78, 5) is 3.78. The van der Waals surface area contributed by atoms with E-state index < -0.39 is 0 Å². The zero-order valence-electron chi connectivity index (χ0n) is 14.9. The predicted molar refractivity (Wildman–Crippen MR) is 111 cm³/mol. The van der Waals surface area contributed by atoms with Crippen molar-refractivity contribution in [3.05, 3.63) is 46.7 Å². The van der Waals surface area contributed by atoms with Crippen LogP contribution < -0.4 is 10.1 Å². The molecule has 25 heavy (non-hydrogen) atoms. The highest BCUT2D eigenvalue weighted by Crippen LogP contribution is 2.33. The van der Waals surface area contributed by atoms with Crippen molar-refractivity contribution in [3.8, 4) is 5.75 Å². The first-order valence-corrected chi connectivity index (χ1v) is 10.2. The molecule has 0 saturated heterocycles. The lowest BCUT2D eigenvalue weighted by molar-refractivity contribution is 0.205. The molecule has 1 unspecified atom stereocenters. The van der Waals surface area contributed by atoms with Gasteiger partial charge >= 0.3 is 0 Å². The molecule has 1 heterocycles. The van der Waals surface area contributed by atoms with Gasteiger partial charge in [0.05, 0.1) is 13.2 Å². The van der Waals surface area contributed by atoms with E-state index in [1.54, 1.807) is 18.4 Å². The molecular formula is C20H26N2OS2. The molecule has 1 aliphatic rings. The summed E-state index contributed by atoms with van der Waals surface area (Å²) in [6.07, 6.45) is 6.36. The zero-order valence-corrected chi connectivity index (χ0v) is 16.5. The minimum absolute atomic E-state index is 0.286. The maximum Gasteiger partial charge on any atom is 0.174 e. The third-order valence-corrected chi connectivity index (χ3v) is 6.25. The third kappa shape index (κ3) is 4.53. The highest BCUT2D eigenvalue weighted by atomic mass is 32.1. The number of anilines is 1. The number of hydrogen-bond donors (Lipinski definition) is 1. The molecular weight excluding hydrogens is 348 g/mol. The molecule has 134 valence electrons. The van der Waals surface area contributed by atoms with Gasteiger partial charge in [0, 0.05) is 22.7 Å². The van der Waals surface area contributed by atoms with Gasteiger partial charge in [-0.25, -0.2) is 0 Å². The van der Waals surface area contributed by atoms with E-state index in [9.17, 15) is 0 Å². The molecule has 1 saturated carbocycles. The minimum Gasteiger partial charge on any atom is -0.497 e. The maximum absolute atomic E-state index is 5.85. The SMILES string of the molecule is COc1cccc(NC(=S)N(C2CCCCC2)C(C)c2cccs2)c1. The molecule has 3 nitrogen and oxygen atoms in total. The molecule has 5 heteroatoms. The van der Waals surface area contributed by atoms with Crippen molar-refractivity contribution >= 4 is 34.4 Å². The number of benzene rings is 1. The average molecular weight is 375 g/mol. The van der Waals surface area contributed by atoms with Crippen molar-refractivity contribution in [2.75, 3.05) is 12.4 Å². The van der Waals surface area contributed by atoms with Gasteiger partial charge in [-0.15, -0.1) is 11.3 Å². The Morgan fingerprint density at radius 1 is 1.24 bits per heavy atom. The van der Waals surface area contributed by atoms with Crippen LogP contribution in [0.4, 0.5) is 5.69 Å². The third-order valence-electron chi connectivity index (χ3n) is 4.90. The van der Waals surface area contributed by atoms with E-state index >= 15 is 0 Å². The molecule has 3 rings (SSSR count). The molecule has 0 aliphatic heterocycles. The molecule has 1 fully saturated rings. The zero-order chi connectivity index (χ0) is 17.6. The van der Waals surface area contributed by atoms with Crippen LogP contribution in [0.2, 0.25) is 0 Å². The van der Waals surface area contributed by atoms with Crippen molar-refractivity contribution in [2.45, 2.75) is 51.1 Å². The van der Waals surface area contributed by atoms with Gasteiger partial charge in [-0.2, -0.15) is 0 Å². The van der Waals surface area contributed by atoms with Crippen LogP contribution in [0.15, 0.2) is 41.8 Å². The topological polar surface area (TPSA) is 24.5 Å². The lowest BCUT2D eigenvalue weighted by atomic mass is 9.93. The monoisotopic (exact) mass is 374 g/mol. The standard InChI is InChI=1S/C20H26N2OS2/c1-15(19-12-7-13-25-19)22(17-9-4-3-5-10-17)20(24)21-16-8-6-11-18(14-16)23-2/h6-8,11-15,17H,3-5,9-10H2,1-2H3,(H,21,24). The summed E-state index contributed by atoms with van der Waals surface area (Å²) in [5.74, 6) is 0.836. The fraction of sp³-hybridized carbons (Fsp3) is 0.450. The van der Waals surface area contributed by atoms with Gasteiger partial charge in [0.1, 0.15) is 5.75 Å². The van der Waals surface area contributed by atoms with Gasteiger partial charge in [0.25, 0.3) is 0 Å². The lowest BCUT2D eigenvalue weighted by Crippen LogP contribution is -2.45. The number of rotatable bonds is 5. The van der Waals surface area contributed by atoms with Gasteiger partial charge in [-0.05, 0) is 55.6 Å². The summed E-state index contributed by atoms with van der Waals surface area (Å²) in [5, 5.41) is 6.39. The largest absolute Gasteiger partial charge is 0.497 e. The first kappa shape index (κ1) is 18.2. The lowest BCUT2D eigenvalue weighted by Gasteiger charge is -2.40. The van der Waals surface area contributed by atoms with Gasteiger partial charge < -0.3 is 15.0 Å². The van der Waals surface area contributed by atoms with Gasteiger partial charge in [0.15, 0.2) is 5.11 Å². The summed E-state index contributed by atoms with van der Waals surface area (Å²) < 4.78 is 5.32. The summed E-state index contributed by atoms with van der Waals surface area (Å²) >= 11 is 7.65. The molecule has 1 N–H and O–H groups in total. The Morgan fingerprint density at radius 2 is 2.04 bits per heavy atom. The molecule has 1 aromatic carbocycles. The Bertz CT molecular complexity index is 681. The molecule has 0 bridgehead atoms. The smallest absolute Gasteiger partial charge is 0.174 e.